The lowest BCUT2D eigenvalue weighted by atomic mass is 10.1. The summed E-state index contributed by atoms with van der Waals surface area (Å²) in [7, 11) is 1.57. The lowest BCUT2D eigenvalue weighted by Gasteiger charge is -2.14. The van der Waals surface area contributed by atoms with Crippen molar-refractivity contribution in [2.45, 2.75) is 19.6 Å². The van der Waals surface area contributed by atoms with Crippen LogP contribution in [0.1, 0.15) is 21.5 Å². The zero-order valence-electron chi connectivity index (χ0n) is 14.4. The molecule has 0 aliphatic rings. The first-order valence-electron chi connectivity index (χ1n) is 8.02. The molecule has 0 saturated carbocycles. The van der Waals surface area contributed by atoms with Crippen LogP contribution in [-0.2, 0) is 16.1 Å². The van der Waals surface area contributed by atoms with Gasteiger partial charge in [0.15, 0.2) is 0 Å². The van der Waals surface area contributed by atoms with Gasteiger partial charge in [-0.05, 0) is 36.2 Å². The van der Waals surface area contributed by atoms with Crippen LogP contribution in [0, 0.1) is 6.92 Å². The number of hydrogen-bond acceptors (Lipinski definition) is 4. The molecule has 0 aromatic heterocycles. The van der Waals surface area contributed by atoms with E-state index in [1.807, 2.05) is 37.3 Å². The predicted molar refractivity (Wildman–Crippen MR) is 97.3 cm³/mol. The highest BCUT2D eigenvalue weighted by atomic mass is 16.5. The van der Waals surface area contributed by atoms with Crippen LogP contribution in [0.25, 0.3) is 0 Å². The van der Waals surface area contributed by atoms with Crippen LogP contribution >= 0.6 is 0 Å². The Bertz CT molecular complexity index is 732. The maximum atomic E-state index is 12.2. The summed E-state index contributed by atoms with van der Waals surface area (Å²) in [6.07, 6.45) is 0. The lowest BCUT2D eigenvalue weighted by molar-refractivity contribution is -0.118. The molecule has 2 amide bonds. The Labute approximate surface area is 147 Å². The van der Waals surface area contributed by atoms with Crippen molar-refractivity contribution < 1.29 is 14.3 Å². The van der Waals surface area contributed by atoms with Crippen molar-refractivity contribution in [2.75, 3.05) is 19.0 Å². The molecule has 25 heavy (non-hydrogen) atoms. The van der Waals surface area contributed by atoms with Gasteiger partial charge in [-0.25, -0.2) is 0 Å². The van der Waals surface area contributed by atoms with Crippen molar-refractivity contribution in [2.24, 2.45) is 5.73 Å². The van der Waals surface area contributed by atoms with Gasteiger partial charge in [0.1, 0.15) is 6.04 Å². The average Bonchev–Trinajstić information content (AvgIpc) is 2.63. The molecule has 0 heterocycles. The van der Waals surface area contributed by atoms with Crippen LogP contribution in [0.5, 0.6) is 0 Å². The molecule has 0 aliphatic carbocycles. The molecule has 4 N–H and O–H groups in total. The van der Waals surface area contributed by atoms with Gasteiger partial charge in [-0.15, -0.1) is 0 Å². The molecule has 0 spiro atoms. The standard InChI is InChI=1S/C19H23N3O3/c1-13-10-15(18(23)21-2)8-9-17(13)22-19(24)16(20)12-25-11-14-6-4-3-5-7-14/h3-10,16H,11-12,20H2,1-2H3,(H,21,23)(H,22,24)/t16-/m0/s1. The molecule has 0 bridgehead atoms. The number of ether oxygens (including phenoxy) is 1. The molecular formula is C19H23N3O3. The normalized spacial score (nSPS) is 11.6. The Kier molecular flexibility index (Phi) is 6.68. The first-order valence-corrected chi connectivity index (χ1v) is 8.02. The van der Waals surface area contributed by atoms with Crippen LogP contribution in [0.2, 0.25) is 0 Å². The number of carbonyl (C=O) groups is 2. The Morgan fingerprint density at radius 2 is 1.88 bits per heavy atom. The number of amides is 2. The van der Waals surface area contributed by atoms with Crippen molar-refractivity contribution in [3.63, 3.8) is 0 Å². The second-order valence-corrected chi connectivity index (χ2v) is 5.71. The van der Waals surface area contributed by atoms with Crippen LogP contribution in [0.3, 0.4) is 0 Å². The molecule has 2 aromatic rings. The molecule has 6 nitrogen and oxygen atoms in total. The van der Waals surface area contributed by atoms with Gasteiger partial charge in [-0.3, -0.25) is 9.59 Å². The van der Waals surface area contributed by atoms with Gasteiger partial charge in [0.2, 0.25) is 5.91 Å². The second-order valence-electron chi connectivity index (χ2n) is 5.71. The van der Waals surface area contributed by atoms with Gasteiger partial charge < -0.3 is 21.1 Å². The van der Waals surface area contributed by atoms with E-state index < -0.39 is 6.04 Å². The number of aryl methyl sites for hydroxylation is 1. The van der Waals surface area contributed by atoms with E-state index >= 15 is 0 Å². The molecule has 0 fully saturated rings. The molecular weight excluding hydrogens is 318 g/mol. The summed E-state index contributed by atoms with van der Waals surface area (Å²) >= 11 is 0. The Balaban J connectivity index is 1.87. The van der Waals surface area contributed by atoms with E-state index in [2.05, 4.69) is 10.6 Å². The van der Waals surface area contributed by atoms with Crippen molar-refractivity contribution >= 4 is 17.5 Å². The fraction of sp³-hybridized carbons (Fsp3) is 0.263. The highest BCUT2D eigenvalue weighted by molar-refractivity contribution is 5.97. The molecule has 132 valence electrons. The van der Waals surface area contributed by atoms with E-state index in [4.69, 9.17) is 10.5 Å². The van der Waals surface area contributed by atoms with Crippen molar-refractivity contribution in [3.8, 4) is 0 Å². The number of carbonyl (C=O) groups excluding carboxylic acids is 2. The number of hydrogen-bond donors (Lipinski definition) is 3. The zero-order valence-corrected chi connectivity index (χ0v) is 14.4. The van der Waals surface area contributed by atoms with Gasteiger partial charge in [0, 0.05) is 18.3 Å². The minimum absolute atomic E-state index is 0.121. The fourth-order valence-electron chi connectivity index (χ4n) is 2.27. The minimum atomic E-state index is -0.776. The summed E-state index contributed by atoms with van der Waals surface area (Å²) in [5.41, 5.74) is 8.84. The molecule has 0 unspecified atom stereocenters. The van der Waals surface area contributed by atoms with Gasteiger partial charge in [0.25, 0.3) is 5.91 Å². The number of nitrogens with two attached hydrogens (primary N) is 1. The zero-order chi connectivity index (χ0) is 18.2. The van der Waals surface area contributed by atoms with E-state index in [0.29, 0.717) is 17.9 Å². The Hall–Kier alpha value is -2.70. The van der Waals surface area contributed by atoms with Gasteiger partial charge in [-0.1, -0.05) is 30.3 Å². The summed E-state index contributed by atoms with van der Waals surface area (Å²) in [5, 5.41) is 5.33. The van der Waals surface area contributed by atoms with Gasteiger partial charge >= 0.3 is 0 Å². The SMILES string of the molecule is CNC(=O)c1ccc(NC(=O)[C@@H](N)COCc2ccccc2)c(C)c1. The first kappa shape index (κ1) is 18.6. The number of benzene rings is 2. The van der Waals surface area contributed by atoms with E-state index in [0.717, 1.165) is 11.1 Å². The summed E-state index contributed by atoms with van der Waals surface area (Å²) in [6, 6.07) is 14.0. The molecule has 2 rings (SSSR count). The highest BCUT2D eigenvalue weighted by Crippen LogP contribution is 2.16. The third-order valence-electron chi connectivity index (χ3n) is 3.72. The molecule has 2 aromatic carbocycles. The highest BCUT2D eigenvalue weighted by Gasteiger charge is 2.15. The van der Waals surface area contributed by atoms with E-state index in [9.17, 15) is 9.59 Å². The monoisotopic (exact) mass is 341 g/mol. The quantitative estimate of drug-likeness (QED) is 0.716. The van der Waals surface area contributed by atoms with Crippen LogP contribution < -0.4 is 16.4 Å². The second kappa shape index (κ2) is 8.96. The maximum absolute atomic E-state index is 12.2. The first-order chi connectivity index (χ1) is 12.0. The Morgan fingerprint density at radius 1 is 1.16 bits per heavy atom. The number of anilines is 1. The van der Waals surface area contributed by atoms with E-state index in [1.54, 1.807) is 25.2 Å². The van der Waals surface area contributed by atoms with E-state index in [1.165, 1.54) is 0 Å². The van der Waals surface area contributed by atoms with Crippen LogP contribution in [0.4, 0.5) is 5.69 Å². The molecule has 0 aliphatic heterocycles. The van der Waals surface area contributed by atoms with Crippen LogP contribution in [0.15, 0.2) is 48.5 Å². The summed E-state index contributed by atoms with van der Waals surface area (Å²) in [4.78, 5) is 23.8. The lowest BCUT2D eigenvalue weighted by Crippen LogP contribution is -2.39. The fourth-order valence-corrected chi connectivity index (χ4v) is 2.27. The molecule has 1 atom stereocenters. The van der Waals surface area contributed by atoms with E-state index in [-0.39, 0.29) is 18.4 Å². The summed E-state index contributed by atoms with van der Waals surface area (Å²) in [6.45, 7) is 2.34. The largest absolute Gasteiger partial charge is 0.375 e. The molecule has 0 radical (unpaired) electrons. The summed E-state index contributed by atoms with van der Waals surface area (Å²) < 4.78 is 5.50. The third-order valence-corrected chi connectivity index (χ3v) is 3.72. The van der Waals surface area contributed by atoms with Crippen molar-refractivity contribution in [1.82, 2.24) is 5.32 Å². The maximum Gasteiger partial charge on any atom is 0.251 e. The number of rotatable bonds is 7. The third kappa shape index (κ3) is 5.41. The smallest absolute Gasteiger partial charge is 0.251 e. The predicted octanol–water partition coefficient (Wildman–Crippen LogP) is 1.84. The summed E-state index contributed by atoms with van der Waals surface area (Å²) in [5.74, 6) is -0.504. The van der Waals surface area contributed by atoms with Gasteiger partial charge in [0.05, 0.1) is 13.2 Å². The Morgan fingerprint density at radius 3 is 2.52 bits per heavy atom. The van der Waals surface area contributed by atoms with Gasteiger partial charge in [-0.2, -0.15) is 0 Å². The topological polar surface area (TPSA) is 93.5 Å². The van der Waals surface area contributed by atoms with Crippen LogP contribution in [-0.4, -0.2) is 31.5 Å². The number of nitrogens with one attached hydrogen (secondary N) is 2. The average molecular weight is 341 g/mol. The molecule has 0 saturated heterocycles. The minimum Gasteiger partial charge on any atom is -0.375 e. The molecule has 6 heteroatoms. The van der Waals surface area contributed by atoms with Crippen molar-refractivity contribution in [3.05, 3.63) is 65.2 Å². The van der Waals surface area contributed by atoms with Crippen molar-refractivity contribution in [1.29, 1.82) is 0 Å².